The molecule has 0 radical (unpaired) electrons. The summed E-state index contributed by atoms with van der Waals surface area (Å²) in [5, 5.41) is 8.93. The summed E-state index contributed by atoms with van der Waals surface area (Å²) in [5.74, 6) is 0.487. The molecule has 1 amide bonds. The van der Waals surface area contributed by atoms with Gasteiger partial charge in [-0.3, -0.25) is 9.48 Å². The number of nitrogens with zero attached hydrogens (tertiary/aromatic N) is 4. The SMILES string of the molecule is CC[NH+]1CCC[C@H]1CN(Cc1nn(C)cc1Cl)C(=O)c1c(C)noc1C. The van der Waals surface area contributed by atoms with Gasteiger partial charge in [0, 0.05) is 26.1 Å². The van der Waals surface area contributed by atoms with E-state index in [1.54, 1.807) is 29.6 Å². The lowest BCUT2D eigenvalue weighted by Gasteiger charge is -2.28. The molecular weight excluding hydrogens is 354 g/mol. The first-order valence-corrected chi connectivity index (χ1v) is 9.53. The van der Waals surface area contributed by atoms with E-state index >= 15 is 0 Å². The number of aryl methyl sites for hydroxylation is 3. The lowest BCUT2D eigenvalue weighted by Crippen LogP contribution is -3.14. The maximum atomic E-state index is 13.3. The van der Waals surface area contributed by atoms with Crippen molar-refractivity contribution in [3.63, 3.8) is 0 Å². The average Bonchev–Trinajstić information content (AvgIpc) is 3.26. The van der Waals surface area contributed by atoms with E-state index in [1.165, 1.54) is 13.0 Å². The number of nitrogens with one attached hydrogen (secondary N) is 1. The van der Waals surface area contributed by atoms with Gasteiger partial charge in [-0.15, -0.1) is 0 Å². The Bertz CT molecular complexity index is 765. The number of carbonyl (C=O) groups is 1. The predicted molar refractivity (Wildman–Crippen MR) is 98.3 cm³/mol. The zero-order chi connectivity index (χ0) is 18.8. The molecule has 0 spiro atoms. The Balaban J connectivity index is 1.88. The van der Waals surface area contributed by atoms with E-state index in [4.69, 9.17) is 16.1 Å². The molecule has 8 heteroatoms. The van der Waals surface area contributed by atoms with Gasteiger partial charge in [0.2, 0.25) is 0 Å². The number of aromatic nitrogens is 3. The van der Waals surface area contributed by atoms with Crippen molar-refractivity contribution in [1.82, 2.24) is 19.8 Å². The van der Waals surface area contributed by atoms with Crippen molar-refractivity contribution in [1.29, 1.82) is 0 Å². The third-order valence-corrected chi connectivity index (χ3v) is 5.57. The summed E-state index contributed by atoms with van der Waals surface area (Å²) in [6.07, 6.45) is 4.09. The molecular formula is C18H27ClN5O2+. The van der Waals surface area contributed by atoms with Gasteiger partial charge in [-0.1, -0.05) is 16.8 Å². The minimum atomic E-state index is -0.0645. The molecule has 0 bridgehead atoms. The Hall–Kier alpha value is -1.86. The zero-order valence-electron chi connectivity index (χ0n) is 15.9. The highest BCUT2D eigenvalue weighted by atomic mass is 35.5. The molecule has 142 valence electrons. The van der Waals surface area contributed by atoms with Crippen LogP contribution in [0.5, 0.6) is 0 Å². The molecule has 1 aliphatic rings. The van der Waals surface area contributed by atoms with Crippen LogP contribution < -0.4 is 4.90 Å². The fourth-order valence-corrected chi connectivity index (χ4v) is 4.13. The maximum absolute atomic E-state index is 13.3. The Kier molecular flexibility index (Phi) is 5.67. The summed E-state index contributed by atoms with van der Waals surface area (Å²) in [4.78, 5) is 16.7. The molecule has 26 heavy (non-hydrogen) atoms. The van der Waals surface area contributed by atoms with Crippen molar-refractivity contribution in [3.05, 3.63) is 33.9 Å². The number of carbonyl (C=O) groups excluding carboxylic acids is 1. The zero-order valence-corrected chi connectivity index (χ0v) is 16.6. The number of quaternary nitrogens is 1. The van der Waals surface area contributed by atoms with Crippen LogP contribution in [-0.4, -0.2) is 51.4 Å². The van der Waals surface area contributed by atoms with Crippen molar-refractivity contribution < 1.29 is 14.2 Å². The van der Waals surface area contributed by atoms with Crippen LogP contribution in [0.15, 0.2) is 10.7 Å². The molecule has 1 saturated heterocycles. The van der Waals surface area contributed by atoms with Crippen molar-refractivity contribution in [3.8, 4) is 0 Å². The molecule has 3 rings (SSSR count). The molecule has 2 aromatic heterocycles. The fourth-order valence-electron chi connectivity index (χ4n) is 3.89. The van der Waals surface area contributed by atoms with Crippen molar-refractivity contribution >= 4 is 17.5 Å². The fraction of sp³-hybridized carbons (Fsp3) is 0.611. The minimum absolute atomic E-state index is 0.0645. The smallest absolute Gasteiger partial charge is 0.259 e. The van der Waals surface area contributed by atoms with Gasteiger partial charge in [0.1, 0.15) is 23.1 Å². The molecule has 1 aliphatic heterocycles. The number of likely N-dealkylation sites (tertiary alicyclic amines) is 1. The van der Waals surface area contributed by atoms with Gasteiger partial charge in [-0.25, -0.2) is 0 Å². The first-order valence-electron chi connectivity index (χ1n) is 9.15. The van der Waals surface area contributed by atoms with Crippen LogP contribution >= 0.6 is 11.6 Å². The molecule has 0 saturated carbocycles. The largest absolute Gasteiger partial charge is 0.361 e. The highest BCUT2D eigenvalue weighted by Crippen LogP contribution is 2.20. The van der Waals surface area contributed by atoms with Crippen LogP contribution in [0.25, 0.3) is 0 Å². The van der Waals surface area contributed by atoms with Gasteiger partial charge in [0.25, 0.3) is 5.91 Å². The van der Waals surface area contributed by atoms with Crippen LogP contribution in [0.4, 0.5) is 0 Å². The first kappa shape index (κ1) is 18.9. The highest BCUT2D eigenvalue weighted by Gasteiger charge is 2.33. The summed E-state index contributed by atoms with van der Waals surface area (Å²) in [6, 6.07) is 0.437. The topological polar surface area (TPSA) is 68.6 Å². The molecule has 1 N–H and O–H groups in total. The lowest BCUT2D eigenvalue weighted by atomic mass is 10.1. The van der Waals surface area contributed by atoms with Crippen LogP contribution in [0.3, 0.4) is 0 Å². The Morgan fingerprint density at radius 2 is 2.27 bits per heavy atom. The van der Waals surface area contributed by atoms with E-state index in [9.17, 15) is 4.79 Å². The summed E-state index contributed by atoms with van der Waals surface area (Å²) >= 11 is 6.30. The molecule has 0 aliphatic carbocycles. The Morgan fingerprint density at radius 3 is 2.85 bits per heavy atom. The highest BCUT2D eigenvalue weighted by molar-refractivity contribution is 6.31. The molecule has 1 unspecified atom stereocenters. The number of likely N-dealkylation sites (N-methyl/N-ethyl adjacent to an activating group) is 1. The Labute approximate surface area is 158 Å². The van der Waals surface area contributed by atoms with Crippen molar-refractivity contribution in [2.75, 3.05) is 19.6 Å². The van der Waals surface area contributed by atoms with E-state index in [1.807, 2.05) is 11.9 Å². The van der Waals surface area contributed by atoms with Crippen LogP contribution in [0.2, 0.25) is 5.02 Å². The van der Waals surface area contributed by atoms with Gasteiger partial charge in [0.05, 0.1) is 36.9 Å². The summed E-state index contributed by atoms with van der Waals surface area (Å²) < 4.78 is 6.88. The number of rotatable bonds is 6. The van der Waals surface area contributed by atoms with E-state index in [0.717, 1.165) is 13.0 Å². The second-order valence-corrected chi connectivity index (χ2v) is 7.49. The van der Waals surface area contributed by atoms with Gasteiger partial charge in [-0.05, 0) is 20.8 Å². The van der Waals surface area contributed by atoms with Gasteiger partial charge in [-0.2, -0.15) is 5.10 Å². The monoisotopic (exact) mass is 380 g/mol. The number of halogens is 1. The number of hydrogen-bond acceptors (Lipinski definition) is 4. The molecule has 2 aromatic rings. The normalized spacial score (nSPS) is 19.9. The van der Waals surface area contributed by atoms with Crippen molar-refractivity contribution in [2.24, 2.45) is 7.05 Å². The predicted octanol–water partition coefficient (Wildman–Crippen LogP) is 1.39. The number of amides is 1. The van der Waals surface area contributed by atoms with Crippen molar-refractivity contribution in [2.45, 2.75) is 46.2 Å². The third-order valence-electron chi connectivity index (χ3n) is 5.25. The van der Waals surface area contributed by atoms with Crippen LogP contribution in [0.1, 0.15) is 47.3 Å². The molecule has 2 atom stereocenters. The second kappa shape index (κ2) is 7.80. The number of hydrogen-bond donors (Lipinski definition) is 1. The van der Waals surface area contributed by atoms with Gasteiger partial charge in [0.15, 0.2) is 0 Å². The molecule has 3 heterocycles. The molecule has 0 aromatic carbocycles. The second-order valence-electron chi connectivity index (χ2n) is 7.08. The lowest BCUT2D eigenvalue weighted by molar-refractivity contribution is -0.909. The van der Waals surface area contributed by atoms with Crippen LogP contribution in [0, 0.1) is 13.8 Å². The summed E-state index contributed by atoms with van der Waals surface area (Å²) in [7, 11) is 1.83. The maximum Gasteiger partial charge on any atom is 0.259 e. The summed E-state index contributed by atoms with van der Waals surface area (Å²) in [5.41, 5.74) is 1.88. The molecule has 1 fully saturated rings. The van der Waals surface area contributed by atoms with E-state index < -0.39 is 0 Å². The van der Waals surface area contributed by atoms with E-state index in [2.05, 4.69) is 17.2 Å². The van der Waals surface area contributed by atoms with Gasteiger partial charge >= 0.3 is 0 Å². The van der Waals surface area contributed by atoms with E-state index in [0.29, 0.717) is 46.9 Å². The minimum Gasteiger partial charge on any atom is -0.361 e. The van der Waals surface area contributed by atoms with Crippen LogP contribution in [-0.2, 0) is 13.6 Å². The third kappa shape index (κ3) is 3.78. The quantitative estimate of drug-likeness (QED) is 0.822. The average molecular weight is 381 g/mol. The molecule has 7 nitrogen and oxygen atoms in total. The standard InChI is InChI=1S/C18H26ClN5O2/c1-5-23-8-6-7-14(23)9-24(11-16-15(19)10-22(4)20-16)18(25)17-12(2)21-26-13(17)3/h10,14H,5-9,11H2,1-4H3/p+1/t14-/m0/s1. The Morgan fingerprint density at radius 1 is 1.50 bits per heavy atom. The van der Waals surface area contributed by atoms with E-state index in [-0.39, 0.29) is 5.91 Å². The first-order chi connectivity index (χ1) is 12.4. The summed E-state index contributed by atoms with van der Waals surface area (Å²) in [6.45, 7) is 9.08. The van der Waals surface area contributed by atoms with Gasteiger partial charge < -0.3 is 14.3 Å².